The highest BCUT2D eigenvalue weighted by Crippen LogP contribution is 2.34. The Labute approximate surface area is 87.9 Å². The highest BCUT2D eigenvalue weighted by molar-refractivity contribution is 5.47. The van der Waals surface area contributed by atoms with Gasteiger partial charge in [0.15, 0.2) is 5.69 Å². The number of hydrogen-bond donors (Lipinski definition) is 1. The lowest BCUT2D eigenvalue weighted by Crippen LogP contribution is -2.00. The molecule has 0 saturated carbocycles. The van der Waals surface area contributed by atoms with E-state index in [4.69, 9.17) is 10.4 Å². The third kappa shape index (κ3) is 2.20. The first-order chi connectivity index (χ1) is 7.47. The van der Waals surface area contributed by atoms with Crippen LogP contribution < -0.4 is 0 Å². The number of aromatic hydroxyl groups is 1. The van der Waals surface area contributed by atoms with Gasteiger partial charge >= 0.3 is 5.82 Å². The zero-order valence-corrected chi connectivity index (χ0v) is 7.72. The molecule has 1 rings (SSSR count). The molecule has 84 valence electrons. The molecule has 0 aliphatic carbocycles. The molecule has 1 aromatic rings. The van der Waals surface area contributed by atoms with Gasteiger partial charge in [0, 0.05) is 0 Å². The molecule has 0 aromatic carbocycles. The fourth-order valence-corrected chi connectivity index (χ4v) is 1.06. The van der Waals surface area contributed by atoms with Crippen molar-refractivity contribution in [3.63, 3.8) is 0 Å². The Bertz CT molecular complexity index is 470. The molecule has 0 fully saturated rings. The van der Waals surface area contributed by atoms with Crippen LogP contribution in [-0.2, 0) is 6.42 Å². The molecule has 0 aliphatic rings. The van der Waals surface area contributed by atoms with E-state index in [0.29, 0.717) is 0 Å². The summed E-state index contributed by atoms with van der Waals surface area (Å²) >= 11 is 0. The second-order valence-corrected chi connectivity index (χ2v) is 2.77. The molecule has 1 aromatic heterocycles. The number of aromatic nitrogens is 1. The minimum atomic E-state index is -3.07. The van der Waals surface area contributed by atoms with Crippen LogP contribution in [-0.4, -0.2) is 15.0 Å². The summed E-state index contributed by atoms with van der Waals surface area (Å²) < 4.78 is 24.8. The maximum absolute atomic E-state index is 12.4. The summed E-state index contributed by atoms with van der Waals surface area (Å²) in [4.78, 5) is 12.6. The summed E-state index contributed by atoms with van der Waals surface area (Å²) in [7, 11) is 0. The van der Waals surface area contributed by atoms with Crippen LogP contribution >= 0.6 is 0 Å². The molecule has 0 spiro atoms. The first-order valence-electron chi connectivity index (χ1n) is 3.99. The van der Waals surface area contributed by atoms with Gasteiger partial charge in [-0.25, -0.2) is 8.78 Å². The number of pyridine rings is 1. The third-order valence-corrected chi connectivity index (χ3v) is 1.73. The summed E-state index contributed by atoms with van der Waals surface area (Å²) in [5, 5.41) is 27.9. The van der Waals surface area contributed by atoms with Gasteiger partial charge in [0.25, 0.3) is 6.43 Å². The van der Waals surface area contributed by atoms with E-state index in [-0.39, 0.29) is 12.1 Å². The van der Waals surface area contributed by atoms with Gasteiger partial charge < -0.3 is 15.2 Å². The molecule has 1 N–H and O–H groups in total. The lowest BCUT2D eigenvalue weighted by atomic mass is 10.2. The van der Waals surface area contributed by atoms with Crippen LogP contribution in [0.3, 0.4) is 0 Å². The van der Waals surface area contributed by atoms with Crippen LogP contribution in [0.2, 0.25) is 0 Å². The normalized spacial score (nSPS) is 10.1. The van der Waals surface area contributed by atoms with Crippen molar-refractivity contribution in [2.75, 3.05) is 0 Å². The van der Waals surface area contributed by atoms with E-state index in [9.17, 15) is 18.9 Å². The Morgan fingerprint density at radius 1 is 1.69 bits per heavy atom. The van der Waals surface area contributed by atoms with E-state index >= 15 is 0 Å². The van der Waals surface area contributed by atoms with Crippen LogP contribution in [0.5, 0.6) is 5.75 Å². The predicted octanol–water partition coefficient (Wildman–Crippen LogP) is 1.70. The SMILES string of the molecule is N#CCc1cc(C(F)F)c(O)c([N+](=O)[O-])n1. The molecular formula is C8H5F2N3O3. The van der Waals surface area contributed by atoms with Gasteiger partial charge in [-0.05, 0) is 16.0 Å². The number of nitro groups is 1. The van der Waals surface area contributed by atoms with E-state index in [2.05, 4.69) is 4.98 Å². The molecule has 0 radical (unpaired) electrons. The van der Waals surface area contributed by atoms with Crippen LogP contribution in [0, 0.1) is 21.4 Å². The highest BCUT2D eigenvalue weighted by atomic mass is 19.3. The Hall–Kier alpha value is -2.30. The number of nitriles is 1. The van der Waals surface area contributed by atoms with Crippen molar-refractivity contribution in [3.8, 4) is 11.8 Å². The quantitative estimate of drug-likeness (QED) is 0.627. The first kappa shape index (κ1) is 11.8. The van der Waals surface area contributed by atoms with Crippen molar-refractivity contribution in [2.24, 2.45) is 0 Å². The number of rotatable bonds is 3. The van der Waals surface area contributed by atoms with E-state index in [1.54, 1.807) is 6.07 Å². The maximum Gasteiger partial charge on any atom is 0.406 e. The van der Waals surface area contributed by atoms with Crippen LogP contribution in [0.4, 0.5) is 14.6 Å². The van der Waals surface area contributed by atoms with E-state index < -0.39 is 28.5 Å². The maximum atomic E-state index is 12.4. The van der Waals surface area contributed by atoms with Gasteiger partial charge in [0.1, 0.15) is 6.42 Å². The fourth-order valence-electron chi connectivity index (χ4n) is 1.06. The summed E-state index contributed by atoms with van der Waals surface area (Å²) in [6.07, 6.45) is -3.42. The predicted molar refractivity (Wildman–Crippen MR) is 46.8 cm³/mol. The summed E-state index contributed by atoms with van der Waals surface area (Å²) in [6, 6.07) is 2.40. The van der Waals surface area contributed by atoms with Crippen molar-refractivity contribution < 1.29 is 18.8 Å². The Kier molecular flexibility index (Phi) is 3.30. The van der Waals surface area contributed by atoms with Crippen LogP contribution in [0.1, 0.15) is 17.7 Å². The minimum Gasteiger partial charge on any atom is -0.501 e. The molecule has 0 unspecified atom stereocenters. The van der Waals surface area contributed by atoms with Crippen LogP contribution in [0.15, 0.2) is 6.07 Å². The van der Waals surface area contributed by atoms with Gasteiger partial charge in [0.2, 0.25) is 5.75 Å². The van der Waals surface area contributed by atoms with Gasteiger partial charge in [-0.15, -0.1) is 0 Å². The highest BCUT2D eigenvalue weighted by Gasteiger charge is 2.26. The monoisotopic (exact) mass is 229 g/mol. The molecule has 0 atom stereocenters. The molecule has 0 aliphatic heterocycles. The molecule has 0 saturated heterocycles. The Morgan fingerprint density at radius 2 is 2.31 bits per heavy atom. The van der Waals surface area contributed by atoms with E-state index in [0.717, 1.165) is 6.07 Å². The van der Waals surface area contributed by atoms with Crippen LogP contribution in [0.25, 0.3) is 0 Å². The molecule has 1 heterocycles. The van der Waals surface area contributed by atoms with Gasteiger partial charge in [-0.1, -0.05) is 0 Å². The number of halogens is 2. The van der Waals surface area contributed by atoms with Crippen molar-refractivity contribution in [1.82, 2.24) is 4.98 Å². The fraction of sp³-hybridized carbons (Fsp3) is 0.250. The smallest absolute Gasteiger partial charge is 0.406 e. The van der Waals surface area contributed by atoms with Crippen molar-refractivity contribution in [3.05, 3.63) is 27.4 Å². The average molecular weight is 229 g/mol. The topological polar surface area (TPSA) is 100 Å². The summed E-state index contributed by atoms with van der Waals surface area (Å²) in [5.74, 6) is -2.23. The number of nitrogens with zero attached hydrogens (tertiary/aromatic N) is 3. The molecule has 0 amide bonds. The standard InChI is InChI=1S/C8H5F2N3O3/c9-7(10)5-3-4(1-2-11)12-8(6(5)14)13(15)16/h3,7,14H,1H2. The Balaban J connectivity index is 3.40. The molecule has 0 bridgehead atoms. The van der Waals surface area contributed by atoms with Crippen molar-refractivity contribution >= 4 is 5.82 Å². The number of alkyl halides is 2. The number of hydrogen-bond acceptors (Lipinski definition) is 5. The van der Waals surface area contributed by atoms with E-state index in [1.165, 1.54) is 0 Å². The Morgan fingerprint density at radius 3 is 2.75 bits per heavy atom. The third-order valence-electron chi connectivity index (χ3n) is 1.73. The zero-order chi connectivity index (χ0) is 12.3. The zero-order valence-electron chi connectivity index (χ0n) is 7.72. The molecule has 16 heavy (non-hydrogen) atoms. The average Bonchev–Trinajstić information content (AvgIpc) is 2.19. The first-order valence-corrected chi connectivity index (χ1v) is 3.99. The second kappa shape index (κ2) is 4.48. The molecular weight excluding hydrogens is 224 g/mol. The van der Waals surface area contributed by atoms with E-state index in [1.807, 2.05) is 0 Å². The summed E-state index contributed by atoms with van der Waals surface area (Å²) in [6.45, 7) is 0. The van der Waals surface area contributed by atoms with Crippen molar-refractivity contribution in [2.45, 2.75) is 12.8 Å². The van der Waals surface area contributed by atoms with Gasteiger partial charge in [0.05, 0.1) is 11.6 Å². The van der Waals surface area contributed by atoms with Gasteiger partial charge in [-0.3, -0.25) is 0 Å². The lowest BCUT2D eigenvalue weighted by Gasteiger charge is -2.03. The lowest BCUT2D eigenvalue weighted by molar-refractivity contribution is -0.390. The summed E-state index contributed by atoms with van der Waals surface area (Å²) in [5.41, 5.74) is -1.07. The molecule has 8 heteroatoms. The minimum absolute atomic E-state index is 0.178. The largest absolute Gasteiger partial charge is 0.501 e. The molecule has 6 nitrogen and oxygen atoms in total. The second-order valence-electron chi connectivity index (χ2n) is 2.77. The van der Waals surface area contributed by atoms with Gasteiger partial charge in [-0.2, -0.15) is 5.26 Å². The van der Waals surface area contributed by atoms with Crippen molar-refractivity contribution in [1.29, 1.82) is 5.26 Å².